The van der Waals surface area contributed by atoms with Crippen LogP contribution >= 0.6 is 0 Å². The molecule has 1 aromatic heterocycles. The molecule has 0 fully saturated rings. The van der Waals surface area contributed by atoms with Crippen molar-refractivity contribution in [3.63, 3.8) is 0 Å². The summed E-state index contributed by atoms with van der Waals surface area (Å²) in [6.45, 7) is 11.7. The monoisotopic (exact) mass is 361 g/mol. The Morgan fingerprint density at radius 3 is 2.38 bits per heavy atom. The number of ether oxygens (including phenoxy) is 2. The van der Waals surface area contributed by atoms with Crippen LogP contribution in [0, 0.1) is 6.92 Å². The maximum atomic E-state index is 12.4. The molecule has 0 aliphatic carbocycles. The number of hydrogen-bond donors (Lipinski definition) is 0. The Hall–Kier alpha value is -2.50. The normalized spacial score (nSPS) is 11.2. The van der Waals surface area contributed by atoms with E-state index in [0.29, 0.717) is 23.5 Å². The van der Waals surface area contributed by atoms with Crippen molar-refractivity contribution < 1.29 is 23.5 Å². The summed E-state index contributed by atoms with van der Waals surface area (Å²) >= 11 is 0. The van der Waals surface area contributed by atoms with Gasteiger partial charge in [0.25, 0.3) is 5.91 Å². The average molecular weight is 361 g/mol. The number of hydrogen-bond acceptors (Lipinski definition) is 5. The molecule has 6 heteroatoms. The SMILES string of the molecule is CCOc1ccc2oc(C(=O)OCC(=O)N(C(C)C)C(C)C)c(C)c2c1. The van der Waals surface area contributed by atoms with E-state index < -0.39 is 5.97 Å². The topological polar surface area (TPSA) is 69.0 Å². The van der Waals surface area contributed by atoms with Gasteiger partial charge in [-0.25, -0.2) is 4.79 Å². The van der Waals surface area contributed by atoms with Crippen molar-refractivity contribution in [2.75, 3.05) is 13.2 Å². The number of carbonyl (C=O) groups is 2. The van der Waals surface area contributed by atoms with Crippen LogP contribution in [0.15, 0.2) is 22.6 Å². The zero-order valence-electron chi connectivity index (χ0n) is 16.3. The Balaban J connectivity index is 2.14. The smallest absolute Gasteiger partial charge is 0.375 e. The summed E-state index contributed by atoms with van der Waals surface area (Å²) < 4.78 is 16.3. The van der Waals surface area contributed by atoms with Gasteiger partial charge in [0.1, 0.15) is 11.3 Å². The van der Waals surface area contributed by atoms with Crippen LogP contribution in [0.25, 0.3) is 11.0 Å². The minimum atomic E-state index is -0.641. The van der Waals surface area contributed by atoms with Crippen molar-refractivity contribution in [1.82, 2.24) is 4.90 Å². The van der Waals surface area contributed by atoms with Crippen molar-refractivity contribution in [2.24, 2.45) is 0 Å². The first-order valence-corrected chi connectivity index (χ1v) is 8.90. The number of carbonyl (C=O) groups excluding carboxylic acids is 2. The zero-order chi connectivity index (χ0) is 19.4. The predicted octanol–water partition coefficient (Wildman–Crippen LogP) is 3.94. The van der Waals surface area contributed by atoms with Crippen LogP contribution in [0.5, 0.6) is 5.75 Å². The van der Waals surface area contributed by atoms with E-state index in [9.17, 15) is 9.59 Å². The molecule has 2 aromatic rings. The number of fused-ring (bicyclic) bond motifs is 1. The van der Waals surface area contributed by atoms with Crippen LogP contribution in [-0.4, -0.2) is 42.1 Å². The van der Waals surface area contributed by atoms with Gasteiger partial charge in [-0.15, -0.1) is 0 Å². The highest BCUT2D eigenvalue weighted by Gasteiger charge is 2.24. The molecule has 0 aliphatic heterocycles. The maximum absolute atomic E-state index is 12.4. The molecular weight excluding hydrogens is 334 g/mol. The van der Waals surface area contributed by atoms with Gasteiger partial charge in [-0.3, -0.25) is 4.79 Å². The molecule has 0 atom stereocenters. The highest BCUT2D eigenvalue weighted by molar-refractivity contribution is 5.97. The Morgan fingerprint density at radius 1 is 1.15 bits per heavy atom. The lowest BCUT2D eigenvalue weighted by molar-refractivity contribution is -0.138. The van der Waals surface area contributed by atoms with Crippen molar-refractivity contribution in [1.29, 1.82) is 0 Å². The first-order chi connectivity index (χ1) is 12.3. The second kappa shape index (κ2) is 8.25. The molecule has 0 bridgehead atoms. The predicted molar refractivity (Wildman–Crippen MR) is 99.5 cm³/mol. The molecular formula is C20H27NO5. The first-order valence-electron chi connectivity index (χ1n) is 8.90. The fourth-order valence-corrected chi connectivity index (χ4v) is 3.09. The summed E-state index contributed by atoms with van der Waals surface area (Å²) in [6.07, 6.45) is 0. The minimum Gasteiger partial charge on any atom is -0.494 e. The molecule has 0 saturated heterocycles. The second-order valence-electron chi connectivity index (χ2n) is 6.71. The van der Waals surface area contributed by atoms with E-state index in [1.54, 1.807) is 24.0 Å². The quantitative estimate of drug-likeness (QED) is 0.699. The summed E-state index contributed by atoms with van der Waals surface area (Å²) in [7, 11) is 0. The van der Waals surface area contributed by atoms with Crippen molar-refractivity contribution >= 4 is 22.8 Å². The molecule has 0 radical (unpaired) electrons. The number of benzene rings is 1. The van der Waals surface area contributed by atoms with Crippen LogP contribution in [0.1, 0.15) is 50.7 Å². The fourth-order valence-electron chi connectivity index (χ4n) is 3.09. The van der Waals surface area contributed by atoms with Crippen LogP contribution in [0.2, 0.25) is 0 Å². The maximum Gasteiger partial charge on any atom is 0.375 e. The number of amides is 1. The van der Waals surface area contributed by atoms with Crippen LogP contribution in [-0.2, 0) is 9.53 Å². The number of furan rings is 1. The van der Waals surface area contributed by atoms with Gasteiger partial charge in [-0.1, -0.05) is 0 Å². The lowest BCUT2D eigenvalue weighted by Gasteiger charge is -2.30. The first kappa shape index (κ1) is 19.8. The number of nitrogens with zero attached hydrogens (tertiary/aromatic N) is 1. The molecule has 142 valence electrons. The molecule has 0 saturated carbocycles. The second-order valence-corrected chi connectivity index (χ2v) is 6.71. The molecule has 0 spiro atoms. The van der Waals surface area contributed by atoms with Crippen molar-refractivity contribution in [3.8, 4) is 5.75 Å². The van der Waals surface area contributed by atoms with E-state index in [-0.39, 0.29) is 30.4 Å². The van der Waals surface area contributed by atoms with E-state index in [1.807, 2.05) is 40.7 Å². The summed E-state index contributed by atoms with van der Waals surface area (Å²) in [4.78, 5) is 26.4. The van der Waals surface area contributed by atoms with Crippen molar-refractivity contribution in [2.45, 2.75) is 53.6 Å². The Labute approximate surface area is 154 Å². The lowest BCUT2D eigenvalue weighted by atomic mass is 10.1. The number of rotatable bonds is 7. The molecule has 2 rings (SSSR count). The molecule has 1 aromatic carbocycles. The highest BCUT2D eigenvalue weighted by Crippen LogP contribution is 2.29. The minimum absolute atomic E-state index is 0.0334. The average Bonchev–Trinajstić information content (AvgIpc) is 2.89. The lowest BCUT2D eigenvalue weighted by Crippen LogP contribution is -2.44. The standard InChI is InChI=1S/C20H27NO5/c1-7-24-15-8-9-17-16(10-15)14(6)19(26-17)20(23)25-11-18(22)21(12(2)3)13(4)5/h8-10,12-13H,7,11H2,1-6H3. The highest BCUT2D eigenvalue weighted by atomic mass is 16.5. The summed E-state index contributed by atoms with van der Waals surface area (Å²) in [6, 6.07) is 5.45. The molecule has 6 nitrogen and oxygen atoms in total. The van der Waals surface area contributed by atoms with Crippen LogP contribution < -0.4 is 4.74 Å². The summed E-state index contributed by atoms with van der Waals surface area (Å²) in [5.41, 5.74) is 1.25. The third-order valence-electron chi connectivity index (χ3n) is 4.13. The zero-order valence-corrected chi connectivity index (χ0v) is 16.3. The third-order valence-corrected chi connectivity index (χ3v) is 4.13. The summed E-state index contributed by atoms with van der Waals surface area (Å²) in [5.74, 6) is -0.0428. The van der Waals surface area contributed by atoms with Gasteiger partial charge in [-0.2, -0.15) is 0 Å². The molecule has 1 amide bonds. The van der Waals surface area contributed by atoms with E-state index >= 15 is 0 Å². The Bertz CT molecular complexity index is 783. The molecule has 26 heavy (non-hydrogen) atoms. The van der Waals surface area contributed by atoms with Crippen LogP contribution in [0.4, 0.5) is 0 Å². The van der Waals surface area contributed by atoms with E-state index in [2.05, 4.69) is 0 Å². The van der Waals surface area contributed by atoms with Crippen molar-refractivity contribution in [3.05, 3.63) is 29.5 Å². The van der Waals surface area contributed by atoms with Gasteiger partial charge in [-0.05, 0) is 59.7 Å². The Kier molecular flexibility index (Phi) is 6.29. The van der Waals surface area contributed by atoms with Crippen LogP contribution in [0.3, 0.4) is 0 Å². The molecule has 0 N–H and O–H groups in total. The van der Waals surface area contributed by atoms with E-state index in [1.165, 1.54) is 0 Å². The Morgan fingerprint density at radius 2 is 1.81 bits per heavy atom. The fraction of sp³-hybridized carbons (Fsp3) is 0.500. The van der Waals surface area contributed by atoms with E-state index in [0.717, 1.165) is 5.39 Å². The van der Waals surface area contributed by atoms with Gasteiger partial charge in [0.15, 0.2) is 6.61 Å². The number of esters is 1. The number of aryl methyl sites for hydroxylation is 1. The largest absolute Gasteiger partial charge is 0.494 e. The van der Waals surface area contributed by atoms with Gasteiger partial charge < -0.3 is 18.8 Å². The van der Waals surface area contributed by atoms with Gasteiger partial charge in [0.2, 0.25) is 5.76 Å². The molecule has 0 unspecified atom stereocenters. The summed E-state index contributed by atoms with van der Waals surface area (Å²) in [5, 5.41) is 0.792. The molecule has 0 aliphatic rings. The third kappa shape index (κ3) is 4.18. The van der Waals surface area contributed by atoms with E-state index in [4.69, 9.17) is 13.9 Å². The van der Waals surface area contributed by atoms with Gasteiger partial charge in [0, 0.05) is 23.0 Å². The molecule has 1 heterocycles. The van der Waals surface area contributed by atoms with Gasteiger partial charge >= 0.3 is 5.97 Å². The van der Waals surface area contributed by atoms with Gasteiger partial charge in [0.05, 0.1) is 6.61 Å².